The zero-order chi connectivity index (χ0) is 14.8. The van der Waals surface area contributed by atoms with Gasteiger partial charge in [0.2, 0.25) is 5.91 Å². The quantitative estimate of drug-likeness (QED) is 0.845. The number of likely N-dealkylation sites (N-methyl/N-ethyl adjacent to an activating group) is 1. The third-order valence-electron chi connectivity index (χ3n) is 4.59. The molecule has 0 bridgehead atoms. The van der Waals surface area contributed by atoms with Crippen LogP contribution in [0.15, 0.2) is 30.3 Å². The second-order valence-electron chi connectivity index (χ2n) is 6.44. The minimum atomic E-state index is -0.459. The number of piperidine rings is 1. The van der Waals surface area contributed by atoms with Crippen LogP contribution in [0, 0.1) is 0 Å². The molecule has 0 N–H and O–H groups in total. The maximum absolute atomic E-state index is 12.9. The van der Waals surface area contributed by atoms with Gasteiger partial charge in [-0.2, -0.15) is 0 Å². The number of hydrogen-bond donors (Lipinski definition) is 0. The fourth-order valence-electron chi connectivity index (χ4n) is 2.97. The summed E-state index contributed by atoms with van der Waals surface area (Å²) in [6, 6.07) is 10.5. The molecule has 3 nitrogen and oxygen atoms in total. The predicted octanol–water partition coefficient (Wildman–Crippen LogP) is 2.52. The summed E-state index contributed by atoms with van der Waals surface area (Å²) >= 11 is 0. The van der Waals surface area contributed by atoms with Crippen LogP contribution >= 0.6 is 0 Å². The van der Waals surface area contributed by atoms with Crippen LogP contribution in [0.1, 0.15) is 32.3 Å². The minimum Gasteiger partial charge on any atom is -0.342 e. The molecule has 0 aromatic heterocycles. The molecule has 0 saturated carbocycles. The molecule has 1 aromatic rings. The van der Waals surface area contributed by atoms with Gasteiger partial charge in [-0.1, -0.05) is 30.3 Å². The predicted molar refractivity (Wildman–Crippen MR) is 82.8 cm³/mol. The van der Waals surface area contributed by atoms with Gasteiger partial charge in [-0.25, -0.2) is 0 Å². The van der Waals surface area contributed by atoms with Gasteiger partial charge in [0, 0.05) is 13.1 Å². The second-order valence-corrected chi connectivity index (χ2v) is 6.44. The van der Waals surface area contributed by atoms with E-state index < -0.39 is 5.41 Å². The fraction of sp³-hybridized carbons (Fsp3) is 0.588. The van der Waals surface area contributed by atoms with E-state index in [0.29, 0.717) is 6.04 Å². The van der Waals surface area contributed by atoms with E-state index in [1.54, 1.807) is 0 Å². The van der Waals surface area contributed by atoms with Gasteiger partial charge in [-0.15, -0.1) is 0 Å². The molecule has 3 heteroatoms. The van der Waals surface area contributed by atoms with Gasteiger partial charge in [0.25, 0.3) is 0 Å². The van der Waals surface area contributed by atoms with E-state index in [-0.39, 0.29) is 5.91 Å². The van der Waals surface area contributed by atoms with Gasteiger partial charge in [0.05, 0.1) is 5.41 Å². The highest BCUT2D eigenvalue weighted by Crippen LogP contribution is 2.27. The number of likely N-dealkylation sites (tertiary alicyclic amines) is 1. The lowest BCUT2D eigenvalue weighted by Crippen LogP contribution is -2.49. The summed E-state index contributed by atoms with van der Waals surface area (Å²) in [5.41, 5.74) is 0.629. The smallest absolute Gasteiger partial charge is 0.232 e. The summed E-state index contributed by atoms with van der Waals surface area (Å²) in [6.45, 7) is 6.20. The topological polar surface area (TPSA) is 23.6 Å². The van der Waals surface area contributed by atoms with Crippen molar-refractivity contribution >= 4 is 5.91 Å². The molecule has 1 heterocycles. The number of rotatable bonds is 3. The Morgan fingerprint density at radius 1 is 1.20 bits per heavy atom. The van der Waals surface area contributed by atoms with Crippen LogP contribution in [0.3, 0.4) is 0 Å². The van der Waals surface area contributed by atoms with Gasteiger partial charge in [0.1, 0.15) is 0 Å². The highest BCUT2D eigenvalue weighted by atomic mass is 16.2. The summed E-state index contributed by atoms with van der Waals surface area (Å²) in [4.78, 5) is 17.2. The van der Waals surface area contributed by atoms with Gasteiger partial charge in [-0.05, 0) is 52.4 Å². The van der Waals surface area contributed by atoms with Crippen molar-refractivity contribution in [3.63, 3.8) is 0 Å². The molecule has 2 rings (SSSR count). The van der Waals surface area contributed by atoms with E-state index in [9.17, 15) is 4.79 Å². The lowest BCUT2D eigenvalue weighted by atomic mass is 9.82. The Bertz CT molecular complexity index is 447. The van der Waals surface area contributed by atoms with E-state index in [1.807, 2.05) is 56.1 Å². The number of benzene rings is 1. The van der Waals surface area contributed by atoms with E-state index in [0.717, 1.165) is 31.5 Å². The molecule has 1 aromatic carbocycles. The van der Waals surface area contributed by atoms with E-state index in [2.05, 4.69) is 11.9 Å². The molecule has 0 radical (unpaired) electrons. The average Bonchev–Trinajstić information content (AvgIpc) is 2.47. The summed E-state index contributed by atoms with van der Waals surface area (Å²) in [6.07, 6.45) is 2.15. The molecule has 1 aliphatic heterocycles. The van der Waals surface area contributed by atoms with Crippen molar-refractivity contribution in [2.45, 2.75) is 38.1 Å². The van der Waals surface area contributed by atoms with Crippen LogP contribution in [0.25, 0.3) is 0 Å². The molecule has 0 atom stereocenters. The Labute approximate surface area is 122 Å². The lowest BCUT2D eigenvalue weighted by Gasteiger charge is -2.39. The van der Waals surface area contributed by atoms with Crippen LogP contribution in [-0.4, -0.2) is 48.9 Å². The van der Waals surface area contributed by atoms with E-state index in [4.69, 9.17) is 0 Å². The summed E-state index contributed by atoms with van der Waals surface area (Å²) in [7, 11) is 4.11. The molecule has 20 heavy (non-hydrogen) atoms. The first-order chi connectivity index (χ1) is 9.43. The molecule has 0 aliphatic carbocycles. The van der Waals surface area contributed by atoms with E-state index >= 15 is 0 Å². The number of amides is 1. The number of nitrogens with zero attached hydrogens (tertiary/aromatic N) is 2. The average molecular weight is 274 g/mol. The molecule has 1 saturated heterocycles. The molecule has 0 spiro atoms. The molecular formula is C17H26N2O. The van der Waals surface area contributed by atoms with E-state index in [1.165, 1.54) is 0 Å². The summed E-state index contributed by atoms with van der Waals surface area (Å²) in [5.74, 6) is 0.221. The van der Waals surface area contributed by atoms with Crippen molar-refractivity contribution in [2.75, 3.05) is 27.2 Å². The largest absolute Gasteiger partial charge is 0.342 e. The number of hydrogen-bond acceptors (Lipinski definition) is 2. The SMILES string of the molecule is CN1CCC(N(C)C(=O)C(C)(C)c2ccccc2)CC1. The summed E-state index contributed by atoms with van der Waals surface area (Å²) < 4.78 is 0. The minimum absolute atomic E-state index is 0.221. The molecular weight excluding hydrogens is 248 g/mol. The Kier molecular flexibility index (Phi) is 4.48. The fourth-order valence-corrected chi connectivity index (χ4v) is 2.97. The third kappa shape index (κ3) is 3.04. The Hall–Kier alpha value is -1.35. The van der Waals surface area contributed by atoms with Gasteiger partial charge in [0.15, 0.2) is 0 Å². The first-order valence-corrected chi connectivity index (χ1v) is 7.44. The molecule has 1 aliphatic rings. The highest BCUT2D eigenvalue weighted by Gasteiger charge is 2.35. The van der Waals surface area contributed by atoms with Crippen LogP contribution in [0.4, 0.5) is 0 Å². The Balaban J connectivity index is 2.10. The van der Waals surface area contributed by atoms with Crippen molar-refractivity contribution in [3.8, 4) is 0 Å². The molecule has 1 amide bonds. The maximum Gasteiger partial charge on any atom is 0.232 e. The lowest BCUT2D eigenvalue weighted by molar-refractivity contribution is -0.137. The van der Waals surface area contributed by atoms with Crippen molar-refractivity contribution in [3.05, 3.63) is 35.9 Å². The van der Waals surface area contributed by atoms with Gasteiger partial charge in [-0.3, -0.25) is 4.79 Å². The highest BCUT2D eigenvalue weighted by molar-refractivity contribution is 5.87. The van der Waals surface area contributed by atoms with Crippen LogP contribution in [0.5, 0.6) is 0 Å². The Morgan fingerprint density at radius 3 is 2.30 bits per heavy atom. The van der Waals surface area contributed by atoms with Gasteiger partial charge >= 0.3 is 0 Å². The first kappa shape index (κ1) is 15.0. The standard InChI is InChI=1S/C17H26N2O/c1-17(2,14-8-6-5-7-9-14)16(20)19(4)15-10-12-18(3)13-11-15/h5-9,15H,10-13H2,1-4H3. The molecule has 110 valence electrons. The van der Waals surface area contributed by atoms with Crippen LogP contribution in [0.2, 0.25) is 0 Å². The van der Waals surface area contributed by atoms with Crippen LogP contribution < -0.4 is 0 Å². The second kappa shape index (κ2) is 5.96. The molecule has 0 unspecified atom stereocenters. The van der Waals surface area contributed by atoms with Crippen molar-refractivity contribution in [1.29, 1.82) is 0 Å². The molecule has 1 fully saturated rings. The third-order valence-corrected chi connectivity index (χ3v) is 4.59. The number of carbonyl (C=O) groups is 1. The van der Waals surface area contributed by atoms with Crippen molar-refractivity contribution in [1.82, 2.24) is 9.80 Å². The van der Waals surface area contributed by atoms with Gasteiger partial charge < -0.3 is 9.80 Å². The zero-order valence-electron chi connectivity index (χ0n) is 13.1. The summed E-state index contributed by atoms with van der Waals surface area (Å²) in [5, 5.41) is 0. The van der Waals surface area contributed by atoms with Crippen molar-refractivity contribution in [2.24, 2.45) is 0 Å². The Morgan fingerprint density at radius 2 is 1.75 bits per heavy atom. The zero-order valence-corrected chi connectivity index (χ0v) is 13.1. The normalized spacial score (nSPS) is 18.0. The number of carbonyl (C=O) groups excluding carboxylic acids is 1. The maximum atomic E-state index is 12.9. The van der Waals surface area contributed by atoms with Crippen molar-refractivity contribution < 1.29 is 4.79 Å². The monoisotopic (exact) mass is 274 g/mol. The van der Waals surface area contributed by atoms with Crippen LogP contribution in [-0.2, 0) is 10.2 Å². The first-order valence-electron chi connectivity index (χ1n) is 7.44.